The molecule has 0 aliphatic heterocycles. The molecule has 0 amide bonds. The lowest BCUT2D eigenvalue weighted by Crippen LogP contribution is -1.99. The van der Waals surface area contributed by atoms with Crippen molar-refractivity contribution in [2.45, 2.75) is 6.54 Å². The average molecular weight is 326 g/mol. The minimum atomic E-state index is -0.534. The Morgan fingerprint density at radius 1 is 1.33 bits per heavy atom. The molecule has 0 saturated heterocycles. The summed E-state index contributed by atoms with van der Waals surface area (Å²) in [5.41, 5.74) is 1.65. The van der Waals surface area contributed by atoms with E-state index in [1.54, 1.807) is 12.1 Å². The SMILES string of the molecule is COC(=O)c1ccc(Cn2cc(/C=C/[N+](=O)[O-])c3ccccc32)o1. The van der Waals surface area contributed by atoms with Crippen LogP contribution in [-0.4, -0.2) is 22.6 Å². The van der Waals surface area contributed by atoms with Gasteiger partial charge in [0.1, 0.15) is 5.76 Å². The van der Waals surface area contributed by atoms with Crippen molar-refractivity contribution < 1.29 is 18.9 Å². The first-order valence-electron chi connectivity index (χ1n) is 7.15. The van der Waals surface area contributed by atoms with Crippen molar-refractivity contribution in [3.63, 3.8) is 0 Å². The summed E-state index contributed by atoms with van der Waals surface area (Å²) in [5, 5.41) is 11.5. The van der Waals surface area contributed by atoms with Gasteiger partial charge in [-0.15, -0.1) is 0 Å². The highest BCUT2D eigenvalue weighted by Gasteiger charge is 2.13. The number of carbonyl (C=O) groups excluding carboxylic acids is 1. The normalized spacial score (nSPS) is 11.2. The van der Waals surface area contributed by atoms with Gasteiger partial charge >= 0.3 is 5.97 Å². The molecule has 0 bridgehead atoms. The lowest BCUT2D eigenvalue weighted by Gasteiger charge is -2.02. The minimum Gasteiger partial charge on any atom is -0.463 e. The quantitative estimate of drug-likeness (QED) is 0.408. The van der Waals surface area contributed by atoms with Crippen LogP contribution in [0.2, 0.25) is 0 Å². The predicted molar refractivity (Wildman–Crippen MR) is 87.1 cm³/mol. The summed E-state index contributed by atoms with van der Waals surface area (Å²) in [6, 6.07) is 10.8. The number of esters is 1. The molecule has 122 valence electrons. The van der Waals surface area contributed by atoms with E-state index in [4.69, 9.17) is 4.42 Å². The molecule has 0 unspecified atom stereocenters. The second kappa shape index (κ2) is 6.41. The topological polar surface area (TPSA) is 87.5 Å². The number of ether oxygens (including phenoxy) is 1. The lowest BCUT2D eigenvalue weighted by molar-refractivity contribution is -0.400. The summed E-state index contributed by atoms with van der Waals surface area (Å²) in [6.07, 6.45) is 4.18. The molecule has 0 N–H and O–H groups in total. The van der Waals surface area contributed by atoms with Gasteiger partial charge in [-0.2, -0.15) is 0 Å². The van der Waals surface area contributed by atoms with E-state index in [-0.39, 0.29) is 5.76 Å². The van der Waals surface area contributed by atoms with Gasteiger partial charge in [-0.1, -0.05) is 18.2 Å². The van der Waals surface area contributed by atoms with Crippen molar-refractivity contribution in [1.29, 1.82) is 0 Å². The van der Waals surface area contributed by atoms with Crippen molar-refractivity contribution in [2.75, 3.05) is 7.11 Å². The maximum absolute atomic E-state index is 11.4. The number of rotatable bonds is 5. The largest absolute Gasteiger partial charge is 0.463 e. The molecule has 0 spiro atoms. The van der Waals surface area contributed by atoms with Gasteiger partial charge in [0.25, 0.3) is 0 Å². The molecule has 2 heterocycles. The Bertz CT molecular complexity index is 936. The predicted octanol–water partition coefficient (Wildman–Crippen LogP) is 3.32. The van der Waals surface area contributed by atoms with E-state index < -0.39 is 10.9 Å². The number of furan rings is 1. The number of carbonyl (C=O) groups is 1. The number of para-hydroxylation sites is 1. The van der Waals surface area contributed by atoms with Crippen LogP contribution in [0.25, 0.3) is 17.0 Å². The van der Waals surface area contributed by atoms with E-state index in [0.29, 0.717) is 12.3 Å². The molecule has 0 saturated carbocycles. The number of fused-ring (bicyclic) bond motifs is 1. The maximum Gasteiger partial charge on any atom is 0.373 e. The van der Waals surface area contributed by atoms with Gasteiger partial charge in [-0.05, 0) is 18.2 Å². The summed E-state index contributed by atoms with van der Waals surface area (Å²) in [6.45, 7) is 0.393. The van der Waals surface area contributed by atoms with Crippen LogP contribution < -0.4 is 0 Å². The fourth-order valence-corrected chi connectivity index (χ4v) is 2.52. The van der Waals surface area contributed by atoms with E-state index >= 15 is 0 Å². The van der Waals surface area contributed by atoms with Crippen LogP contribution in [0.5, 0.6) is 0 Å². The van der Waals surface area contributed by atoms with E-state index in [0.717, 1.165) is 22.7 Å². The summed E-state index contributed by atoms with van der Waals surface area (Å²) in [5.74, 6) is 0.187. The number of methoxy groups -OCH3 is 1. The number of nitrogens with zero attached hydrogens (tertiary/aromatic N) is 2. The standard InChI is InChI=1S/C17H14N2O5/c1-23-17(20)16-7-6-13(24-16)11-18-10-12(8-9-19(21)22)14-4-2-3-5-15(14)18/h2-10H,11H2,1H3/b9-8+. The van der Waals surface area contributed by atoms with Gasteiger partial charge in [0.05, 0.1) is 18.6 Å². The zero-order valence-corrected chi connectivity index (χ0v) is 12.8. The second-order valence-electron chi connectivity index (χ2n) is 5.09. The Morgan fingerprint density at radius 3 is 2.88 bits per heavy atom. The van der Waals surface area contributed by atoms with Gasteiger partial charge in [-0.3, -0.25) is 10.1 Å². The van der Waals surface area contributed by atoms with E-state index in [1.807, 2.05) is 35.0 Å². The third-order valence-electron chi connectivity index (χ3n) is 3.57. The smallest absolute Gasteiger partial charge is 0.373 e. The molecule has 3 aromatic rings. The summed E-state index contributed by atoms with van der Waals surface area (Å²) < 4.78 is 12.0. The molecule has 1 aromatic carbocycles. The van der Waals surface area contributed by atoms with E-state index in [9.17, 15) is 14.9 Å². The number of aromatic nitrogens is 1. The van der Waals surface area contributed by atoms with Gasteiger partial charge in [-0.25, -0.2) is 4.79 Å². The first kappa shape index (κ1) is 15.5. The molecule has 24 heavy (non-hydrogen) atoms. The third kappa shape index (κ3) is 3.05. The lowest BCUT2D eigenvalue weighted by atomic mass is 10.2. The van der Waals surface area contributed by atoms with Crippen LogP contribution in [-0.2, 0) is 11.3 Å². The number of nitro groups is 1. The van der Waals surface area contributed by atoms with Crippen molar-refractivity contribution in [3.05, 3.63) is 76.0 Å². The Balaban J connectivity index is 1.96. The molecular formula is C17H14N2O5. The molecule has 2 aromatic heterocycles. The molecule has 0 aliphatic rings. The average Bonchev–Trinajstić information content (AvgIpc) is 3.18. The van der Waals surface area contributed by atoms with Crippen LogP contribution in [0.4, 0.5) is 0 Å². The minimum absolute atomic E-state index is 0.137. The van der Waals surface area contributed by atoms with Crippen LogP contribution in [0.3, 0.4) is 0 Å². The molecular weight excluding hydrogens is 312 g/mol. The van der Waals surface area contributed by atoms with Crippen LogP contribution in [0, 0.1) is 10.1 Å². The number of hydrogen-bond acceptors (Lipinski definition) is 5. The molecule has 0 radical (unpaired) electrons. The van der Waals surface area contributed by atoms with Crippen LogP contribution in [0.1, 0.15) is 21.9 Å². The van der Waals surface area contributed by atoms with Gasteiger partial charge in [0.2, 0.25) is 12.0 Å². The third-order valence-corrected chi connectivity index (χ3v) is 3.57. The van der Waals surface area contributed by atoms with Crippen molar-refractivity contribution >= 4 is 22.9 Å². The van der Waals surface area contributed by atoms with Crippen molar-refractivity contribution in [3.8, 4) is 0 Å². The second-order valence-corrected chi connectivity index (χ2v) is 5.09. The Hall–Kier alpha value is -3.35. The molecule has 0 aliphatic carbocycles. The fourth-order valence-electron chi connectivity index (χ4n) is 2.52. The fraction of sp³-hybridized carbons (Fsp3) is 0.118. The van der Waals surface area contributed by atoms with E-state index in [2.05, 4.69) is 4.74 Å². The number of hydrogen-bond donors (Lipinski definition) is 0. The summed E-state index contributed by atoms with van der Waals surface area (Å²) in [7, 11) is 1.29. The van der Waals surface area contributed by atoms with Crippen molar-refractivity contribution in [2.24, 2.45) is 0 Å². The maximum atomic E-state index is 11.4. The highest BCUT2D eigenvalue weighted by atomic mass is 16.6. The Labute approximate surface area is 136 Å². The first-order valence-corrected chi connectivity index (χ1v) is 7.15. The van der Waals surface area contributed by atoms with Gasteiger partial charge in [0.15, 0.2) is 0 Å². The molecule has 0 fully saturated rings. The summed E-state index contributed by atoms with van der Waals surface area (Å²) >= 11 is 0. The Morgan fingerprint density at radius 2 is 2.12 bits per heavy atom. The Kier molecular flexibility index (Phi) is 4.15. The monoisotopic (exact) mass is 326 g/mol. The van der Waals surface area contributed by atoms with E-state index in [1.165, 1.54) is 13.2 Å². The van der Waals surface area contributed by atoms with Crippen LogP contribution >= 0.6 is 0 Å². The van der Waals surface area contributed by atoms with Gasteiger partial charge < -0.3 is 13.7 Å². The highest BCUT2D eigenvalue weighted by Crippen LogP contribution is 2.24. The highest BCUT2D eigenvalue weighted by molar-refractivity contribution is 5.89. The zero-order valence-electron chi connectivity index (χ0n) is 12.8. The van der Waals surface area contributed by atoms with Crippen LogP contribution in [0.15, 0.2) is 53.2 Å². The van der Waals surface area contributed by atoms with Crippen molar-refractivity contribution in [1.82, 2.24) is 4.57 Å². The molecule has 0 atom stereocenters. The molecule has 7 nitrogen and oxygen atoms in total. The first-order chi connectivity index (χ1) is 11.6. The number of benzene rings is 1. The zero-order chi connectivity index (χ0) is 17.1. The summed E-state index contributed by atoms with van der Waals surface area (Å²) in [4.78, 5) is 21.5. The van der Waals surface area contributed by atoms with Gasteiger partial charge in [0, 0.05) is 28.7 Å². The molecule has 7 heteroatoms. The molecule has 3 rings (SSSR count).